The van der Waals surface area contributed by atoms with Crippen molar-refractivity contribution in [2.45, 2.75) is 77.2 Å². The Hall–Kier alpha value is -0.760. The molecule has 3 saturated carbocycles. The van der Waals surface area contributed by atoms with Crippen molar-refractivity contribution in [2.75, 3.05) is 0 Å². The van der Waals surface area contributed by atoms with Crippen LogP contribution in [0.4, 0.5) is 0 Å². The zero-order valence-corrected chi connectivity index (χ0v) is 15.2. The van der Waals surface area contributed by atoms with Crippen LogP contribution in [-0.2, 0) is 0 Å². The summed E-state index contributed by atoms with van der Waals surface area (Å²) in [5.41, 5.74) is 0.470. The van der Waals surface area contributed by atoms with E-state index in [2.05, 4.69) is 19.6 Å². The average Bonchev–Trinajstić information content (AvgIpc) is 2.91. The van der Waals surface area contributed by atoms with Crippen LogP contribution in [0.15, 0.2) is 24.5 Å². The van der Waals surface area contributed by atoms with Crippen LogP contribution in [0.1, 0.15) is 71.1 Å². The molecule has 0 aromatic carbocycles. The summed E-state index contributed by atoms with van der Waals surface area (Å²) in [5, 5.41) is 20.8. The van der Waals surface area contributed by atoms with E-state index in [1.54, 1.807) is 0 Å². The molecular weight excluding hydrogens is 296 g/mol. The number of rotatable bonds is 3. The molecule has 0 aromatic heterocycles. The maximum Gasteiger partial charge on any atom is 0.0947 e. The van der Waals surface area contributed by atoms with E-state index in [1.807, 2.05) is 6.08 Å². The zero-order valence-electron chi connectivity index (χ0n) is 15.2. The SMILES string of the molecule is C=CCC[C@]12CC[C@H]3[C@@H](CCC4CC(O)CC[C@@]43C)[C@@H]1CC=C2O. The van der Waals surface area contributed by atoms with Crippen molar-refractivity contribution in [3.05, 3.63) is 24.5 Å². The van der Waals surface area contributed by atoms with Crippen molar-refractivity contribution in [3.8, 4) is 0 Å². The number of fused-ring (bicyclic) bond motifs is 5. The first kappa shape index (κ1) is 16.7. The van der Waals surface area contributed by atoms with Crippen LogP contribution in [0.25, 0.3) is 0 Å². The van der Waals surface area contributed by atoms with Crippen LogP contribution in [0.5, 0.6) is 0 Å². The molecule has 0 radical (unpaired) electrons. The molecule has 0 bridgehead atoms. The largest absolute Gasteiger partial charge is 0.512 e. The van der Waals surface area contributed by atoms with Crippen LogP contribution >= 0.6 is 0 Å². The first-order chi connectivity index (χ1) is 11.5. The van der Waals surface area contributed by atoms with Crippen molar-refractivity contribution >= 4 is 0 Å². The predicted octanol–water partition coefficient (Wildman–Crippen LogP) is 5.39. The molecule has 0 saturated heterocycles. The first-order valence-electron chi connectivity index (χ1n) is 10.2. The second-order valence-electron chi connectivity index (χ2n) is 9.43. The Labute approximate surface area is 147 Å². The summed E-state index contributed by atoms with van der Waals surface area (Å²) in [6.45, 7) is 6.44. The molecule has 0 amide bonds. The monoisotopic (exact) mass is 330 g/mol. The molecule has 0 spiro atoms. The van der Waals surface area contributed by atoms with Crippen LogP contribution in [-0.4, -0.2) is 16.3 Å². The normalized spacial score (nSPS) is 50.4. The molecule has 0 aromatic rings. The molecule has 2 heteroatoms. The molecule has 24 heavy (non-hydrogen) atoms. The van der Waals surface area contributed by atoms with Crippen molar-refractivity contribution in [2.24, 2.45) is 34.5 Å². The molecule has 4 aliphatic rings. The highest BCUT2D eigenvalue weighted by molar-refractivity contribution is 5.22. The Morgan fingerprint density at radius 3 is 2.83 bits per heavy atom. The minimum absolute atomic E-state index is 0.0483. The van der Waals surface area contributed by atoms with E-state index in [9.17, 15) is 10.2 Å². The molecule has 2 nitrogen and oxygen atoms in total. The molecule has 0 heterocycles. The number of hydrogen-bond donors (Lipinski definition) is 2. The van der Waals surface area contributed by atoms with Gasteiger partial charge in [-0.05, 0) is 99.4 Å². The number of aliphatic hydroxyl groups is 2. The van der Waals surface area contributed by atoms with Crippen molar-refractivity contribution in [3.63, 3.8) is 0 Å². The Morgan fingerprint density at radius 2 is 2.04 bits per heavy atom. The Balaban J connectivity index is 1.61. The van der Waals surface area contributed by atoms with Gasteiger partial charge in [0.05, 0.1) is 11.9 Å². The molecule has 4 aliphatic carbocycles. The molecule has 3 fully saturated rings. The highest BCUT2D eigenvalue weighted by Gasteiger charge is 2.59. The van der Waals surface area contributed by atoms with Crippen LogP contribution in [0.3, 0.4) is 0 Å². The highest BCUT2D eigenvalue weighted by atomic mass is 16.3. The van der Waals surface area contributed by atoms with E-state index in [0.717, 1.165) is 50.4 Å². The lowest BCUT2D eigenvalue weighted by Gasteiger charge is -2.60. The summed E-state index contributed by atoms with van der Waals surface area (Å²) in [7, 11) is 0. The van der Waals surface area contributed by atoms with Crippen molar-refractivity contribution < 1.29 is 10.2 Å². The number of hydrogen-bond acceptors (Lipinski definition) is 2. The van der Waals surface area contributed by atoms with Gasteiger partial charge in [0.1, 0.15) is 0 Å². The Kier molecular flexibility index (Phi) is 4.10. The predicted molar refractivity (Wildman–Crippen MR) is 97.6 cm³/mol. The molecule has 0 aliphatic heterocycles. The van der Waals surface area contributed by atoms with Gasteiger partial charge in [0.15, 0.2) is 0 Å². The van der Waals surface area contributed by atoms with Gasteiger partial charge in [-0.3, -0.25) is 0 Å². The molecule has 7 atom stereocenters. The first-order valence-corrected chi connectivity index (χ1v) is 10.2. The minimum atomic E-state index is -0.0629. The van der Waals surface area contributed by atoms with Gasteiger partial charge in [-0.2, -0.15) is 0 Å². The lowest BCUT2D eigenvalue weighted by Crippen LogP contribution is -2.54. The topological polar surface area (TPSA) is 40.5 Å². The van der Waals surface area contributed by atoms with E-state index in [1.165, 1.54) is 25.7 Å². The van der Waals surface area contributed by atoms with Crippen LogP contribution < -0.4 is 0 Å². The molecule has 4 rings (SSSR count). The minimum Gasteiger partial charge on any atom is -0.512 e. The Morgan fingerprint density at radius 1 is 1.21 bits per heavy atom. The van der Waals surface area contributed by atoms with Gasteiger partial charge in [0.2, 0.25) is 0 Å². The van der Waals surface area contributed by atoms with Gasteiger partial charge in [0, 0.05) is 5.41 Å². The van der Waals surface area contributed by atoms with Crippen LogP contribution in [0, 0.1) is 34.5 Å². The second kappa shape index (κ2) is 5.90. The lowest BCUT2D eigenvalue weighted by atomic mass is 9.44. The summed E-state index contributed by atoms with van der Waals surface area (Å²) >= 11 is 0. The quantitative estimate of drug-likeness (QED) is 0.681. The molecule has 134 valence electrons. The van der Waals surface area contributed by atoms with E-state index in [-0.39, 0.29) is 11.5 Å². The zero-order chi connectivity index (χ0) is 16.9. The summed E-state index contributed by atoms with van der Waals surface area (Å²) < 4.78 is 0. The van der Waals surface area contributed by atoms with E-state index >= 15 is 0 Å². The number of allylic oxidation sites excluding steroid dienone is 3. The fourth-order valence-corrected chi connectivity index (χ4v) is 7.41. The third-order valence-corrected chi connectivity index (χ3v) is 8.72. The van der Waals surface area contributed by atoms with Gasteiger partial charge < -0.3 is 10.2 Å². The van der Waals surface area contributed by atoms with Gasteiger partial charge in [-0.15, -0.1) is 6.58 Å². The summed E-state index contributed by atoms with van der Waals surface area (Å²) in [4.78, 5) is 0. The molecule has 2 N–H and O–H groups in total. The summed E-state index contributed by atoms with van der Waals surface area (Å²) in [5.74, 6) is 3.61. The van der Waals surface area contributed by atoms with Crippen LogP contribution in [0.2, 0.25) is 0 Å². The number of aliphatic hydroxyl groups excluding tert-OH is 2. The molecular formula is C22H34O2. The van der Waals surface area contributed by atoms with E-state index < -0.39 is 0 Å². The van der Waals surface area contributed by atoms with Crippen molar-refractivity contribution in [1.82, 2.24) is 0 Å². The second-order valence-corrected chi connectivity index (χ2v) is 9.43. The van der Waals surface area contributed by atoms with Gasteiger partial charge in [-0.1, -0.05) is 13.0 Å². The standard InChI is InChI=1S/C22H34O2/c1-3-4-11-22-13-10-18-17(19(22)7-8-20(22)24)6-5-15-14-16(23)9-12-21(15,18)2/h3,8,15-19,23-24H,1,4-7,9-14H2,2H3/t15?,16?,17-,18+,19+,21+,22+/m1/s1. The van der Waals surface area contributed by atoms with Gasteiger partial charge in [0.25, 0.3) is 0 Å². The lowest BCUT2D eigenvalue weighted by molar-refractivity contribution is -0.125. The average molecular weight is 331 g/mol. The summed E-state index contributed by atoms with van der Waals surface area (Å²) in [6, 6.07) is 0. The fraction of sp³-hybridized carbons (Fsp3) is 0.818. The van der Waals surface area contributed by atoms with Gasteiger partial charge >= 0.3 is 0 Å². The molecule has 2 unspecified atom stereocenters. The smallest absolute Gasteiger partial charge is 0.0947 e. The maximum atomic E-state index is 10.7. The van der Waals surface area contributed by atoms with E-state index in [4.69, 9.17) is 0 Å². The Bertz CT molecular complexity index is 538. The maximum absolute atomic E-state index is 10.7. The summed E-state index contributed by atoms with van der Waals surface area (Å²) in [6.07, 6.45) is 15.5. The van der Waals surface area contributed by atoms with Crippen molar-refractivity contribution in [1.29, 1.82) is 0 Å². The highest BCUT2D eigenvalue weighted by Crippen LogP contribution is 2.67. The fourth-order valence-electron chi connectivity index (χ4n) is 7.41. The third-order valence-electron chi connectivity index (χ3n) is 8.72. The van der Waals surface area contributed by atoms with E-state index in [0.29, 0.717) is 23.0 Å². The third kappa shape index (κ3) is 2.25. The van der Waals surface area contributed by atoms with Gasteiger partial charge in [-0.25, -0.2) is 0 Å².